The minimum atomic E-state index is -2.58. The van der Waals surface area contributed by atoms with Crippen molar-refractivity contribution in [3.05, 3.63) is 29.8 Å². The Morgan fingerprint density at radius 3 is 2.55 bits per heavy atom. The maximum atomic E-state index is 12.1. The molecule has 0 spiro atoms. The lowest BCUT2D eigenvalue weighted by Crippen LogP contribution is -2.34. The molecule has 0 heterocycles. The van der Waals surface area contributed by atoms with Gasteiger partial charge in [-0.15, -0.1) is 0 Å². The van der Waals surface area contributed by atoms with Crippen molar-refractivity contribution in [1.82, 2.24) is 4.90 Å². The smallest absolute Gasteiger partial charge is 0.260 e. The van der Waals surface area contributed by atoms with Crippen LogP contribution in [-0.2, 0) is 4.79 Å². The molecule has 1 aromatic rings. The molecule has 1 amide bonds. The summed E-state index contributed by atoms with van der Waals surface area (Å²) in [7, 11) is 1.28. The average Bonchev–Trinajstić information content (AvgIpc) is 2.43. The van der Waals surface area contributed by atoms with E-state index in [1.807, 2.05) is 0 Å². The van der Waals surface area contributed by atoms with Crippen LogP contribution in [0.25, 0.3) is 0 Å². The first-order chi connectivity index (χ1) is 9.43. The molecule has 110 valence electrons. The van der Waals surface area contributed by atoms with Crippen LogP contribution in [-0.4, -0.2) is 48.5 Å². The minimum Gasteiger partial charge on any atom is -0.484 e. The number of ether oxygens (including phenoxy) is 1. The van der Waals surface area contributed by atoms with Crippen LogP contribution < -0.4 is 10.5 Å². The Kier molecular flexibility index (Phi) is 5.70. The van der Waals surface area contributed by atoms with E-state index in [9.17, 15) is 13.6 Å². The summed E-state index contributed by atoms with van der Waals surface area (Å²) < 4.78 is 29.3. The topological polar surface area (TPSA) is 88.2 Å². The molecule has 3 N–H and O–H groups in total. The lowest BCUT2D eigenvalue weighted by atomic mass is 10.2. The van der Waals surface area contributed by atoms with Gasteiger partial charge in [0, 0.05) is 12.6 Å². The van der Waals surface area contributed by atoms with Gasteiger partial charge in [-0.1, -0.05) is 5.16 Å². The fraction of sp³-hybridized carbons (Fsp3) is 0.333. The second-order valence-electron chi connectivity index (χ2n) is 3.96. The van der Waals surface area contributed by atoms with Crippen molar-refractivity contribution in [2.45, 2.75) is 6.43 Å². The molecule has 0 unspecified atom stereocenters. The van der Waals surface area contributed by atoms with Gasteiger partial charge in [-0.2, -0.15) is 0 Å². The van der Waals surface area contributed by atoms with Crippen molar-refractivity contribution in [2.24, 2.45) is 10.9 Å². The standard InChI is InChI=1S/C12H15F2N3O3/c1-17(6-10(13)14)11(18)7-20-9-4-2-8(3-5-9)12(15)16-19/h2-5,10,19H,6-7H2,1H3,(H2,15,16). The number of amidine groups is 1. The number of likely N-dealkylation sites (N-methyl/N-ethyl adjacent to an activating group) is 1. The molecular formula is C12H15F2N3O3. The Morgan fingerprint density at radius 1 is 1.45 bits per heavy atom. The van der Waals surface area contributed by atoms with Crippen LogP contribution in [0.5, 0.6) is 5.75 Å². The third-order valence-electron chi connectivity index (χ3n) is 2.46. The van der Waals surface area contributed by atoms with Crippen molar-refractivity contribution in [3.63, 3.8) is 0 Å². The van der Waals surface area contributed by atoms with Gasteiger partial charge in [0.2, 0.25) is 0 Å². The van der Waals surface area contributed by atoms with Crippen molar-refractivity contribution < 1.29 is 23.5 Å². The van der Waals surface area contributed by atoms with Gasteiger partial charge in [0.05, 0.1) is 6.54 Å². The molecule has 0 aliphatic rings. The summed E-state index contributed by atoms with van der Waals surface area (Å²) in [5.74, 6) is -0.228. The van der Waals surface area contributed by atoms with E-state index in [1.165, 1.54) is 31.3 Å². The van der Waals surface area contributed by atoms with Gasteiger partial charge in [-0.25, -0.2) is 8.78 Å². The first-order valence-corrected chi connectivity index (χ1v) is 5.67. The van der Waals surface area contributed by atoms with Crippen LogP contribution >= 0.6 is 0 Å². The molecule has 1 aromatic carbocycles. The highest BCUT2D eigenvalue weighted by atomic mass is 19.3. The van der Waals surface area contributed by atoms with Crippen LogP contribution in [0.4, 0.5) is 8.78 Å². The third kappa shape index (κ3) is 4.71. The van der Waals surface area contributed by atoms with E-state index in [2.05, 4.69) is 5.16 Å². The Labute approximate surface area is 114 Å². The first-order valence-electron chi connectivity index (χ1n) is 5.67. The summed E-state index contributed by atoms with van der Waals surface area (Å²) in [6.45, 7) is -0.975. The van der Waals surface area contributed by atoms with Crippen LogP contribution in [0.15, 0.2) is 29.4 Å². The van der Waals surface area contributed by atoms with Crippen LogP contribution in [0, 0.1) is 0 Å². The van der Waals surface area contributed by atoms with Crippen molar-refractivity contribution in [3.8, 4) is 5.75 Å². The number of rotatable bonds is 6. The number of nitrogens with zero attached hydrogens (tertiary/aromatic N) is 2. The first kappa shape index (κ1) is 15.7. The molecule has 20 heavy (non-hydrogen) atoms. The summed E-state index contributed by atoms with van der Waals surface area (Å²) in [4.78, 5) is 12.4. The molecule has 0 radical (unpaired) electrons. The van der Waals surface area contributed by atoms with Crippen LogP contribution in [0.1, 0.15) is 5.56 Å². The monoisotopic (exact) mass is 287 g/mol. The number of hydrogen-bond acceptors (Lipinski definition) is 4. The number of amides is 1. The van der Waals surface area contributed by atoms with E-state index in [1.54, 1.807) is 0 Å². The SMILES string of the molecule is CN(CC(F)F)C(=O)COc1ccc(/C(N)=N/O)cc1. The highest BCUT2D eigenvalue weighted by Gasteiger charge is 2.14. The quantitative estimate of drug-likeness (QED) is 0.352. The zero-order chi connectivity index (χ0) is 15.1. The lowest BCUT2D eigenvalue weighted by molar-refractivity contribution is -0.133. The molecule has 0 atom stereocenters. The molecule has 8 heteroatoms. The van der Waals surface area contributed by atoms with E-state index < -0.39 is 18.9 Å². The summed E-state index contributed by atoms with van der Waals surface area (Å²) in [5.41, 5.74) is 5.87. The van der Waals surface area contributed by atoms with E-state index in [0.29, 0.717) is 11.3 Å². The third-order valence-corrected chi connectivity index (χ3v) is 2.46. The number of hydrogen-bond donors (Lipinski definition) is 2. The number of alkyl halides is 2. The molecule has 0 bridgehead atoms. The number of oxime groups is 1. The Balaban J connectivity index is 2.52. The van der Waals surface area contributed by atoms with Gasteiger partial charge in [0.1, 0.15) is 5.75 Å². The zero-order valence-electron chi connectivity index (χ0n) is 10.8. The number of nitrogens with two attached hydrogens (primary N) is 1. The van der Waals surface area contributed by atoms with Gasteiger partial charge in [-0.3, -0.25) is 4.79 Å². The molecule has 0 saturated heterocycles. The summed E-state index contributed by atoms with van der Waals surface area (Å²) in [6, 6.07) is 6.12. The second kappa shape index (κ2) is 7.27. The number of benzene rings is 1. The molecule has 1 rings (SSSR count). The fourth-order valence-corrected chi connectivity index (χ4v) is 1.34. The normalized spacial score (nSPS) is 11.5. The average molecular weight is 287 g/mol. The van der Waals surface area contributed by atoms with Crippen molar-refractivity contribution in [2.75, 3.05) is 20.2 Å². The largest absolute Gasteiger partial charge is 0.484 e. The van der Waals surface area contributed by atoms with Gasteiger partial charge in [-0.05, 0) is 24.3 Å². The van der Waals surface area contributed by atoms with Crippen molar-refractivity contribution in [1.29, 1.82) is 0 Å². The molecule has 0 fully saturated rings. The maximum Gasteiger partial charge on any atom is 0.260 e. The molecule has 0 aromatic heterocycles. The molecule has 0 saturated carbocycles. The minimum absolute atomic E-state index is 0.0516. The number of halogens is 2. The van der Waals surface area contributed by atoms with E-state index in [4.69, 9.17) is 15.7 Å². The fourth-order valence-electron chi connectivity index (χ4n) is 1.34. The van der Waals surface area contributed by atoms with Crippen LogP contribution in [0.2, 0.25) is 0 Å². The predicted octanol–water partition coefficient (Wildman–Crippen LogP) is 0.883. The molecule has 0 aliphatic heterocycles. The van der Waals surface area contributed by atoms with Gasteiger partial charge in [0.15, 0.2) is 12.4 Å². The van der Waals surface area contributed by atoms with Gasteiger partial charge >= 0.3 is 0 Å². The van der Waals surface area contributed by atoms with Gasteiger partial charge < -0.3 is 20.6 Å². The summed E-state index contributed by atoms with van der Waals surface area (Å²) >= 11 is 0. The summed E-state index contributed by atoms with van der Waals surface area (Å²) in [5, 5.41) is 11.3. The Hall–Kier alpha value is -2.38. The lowest BCUT2D eigenvalue weighted by Gasteiger charge is -2.16. The van der Waals surface area contributed by atoms with E-state index in [-0.39, 0.29) is 12.4 Å². The number of carbonyl (C=O) groups is 1. The van der Waals surface area contributed by atoms with E-state index >= 15 is 0 Å². The molecule has 6 nitrogen and oxygen atoms in total. The zero-order valence-corrected chi connectivity index (χ0v) is 10.8. The molecule has 0 aliphatic carbocycles. The van der Waals surface area contributed by atoms with Crippen molar-refractivity contribution >= 4 is 11.7 Å². The highest BCUT2D eigenvalue weighted by molar-refractivity contribution is 5.97. The van der Waals surface area contributed by atoms with Gasteiger partial charge in [0.25, 0.3) is 12.3 Å². The maximum absolute atomic E-state index is 12.1. The number of carbonyl (C=O) groups excluding carboxylic acids is 1. The highest BCUT2D eigenvalue weighted by Crippen LogP contribution is 2.12. The molecular weight excluding hydrogens is 272 g/mol. The Morgan fingerprint density at radius 2 is 2.05 bits per heavy atom. The van der Waals surface area contributed by atoms with E-state index in [0.717, 1.165) is 4.90 Å². The van der Waals surface area contributed by atoms with Crippen LogP contribution in [0.3, 0.4) is 0 Å². The predicted molar refractivity (Wildman–Crippen MR) is 68.1 cm³/mol. The second-order valence-corrected chi connectivity index (χ2v) is 3.96. The summed E-state index contributed by atoms with van der Waals surface area (Å²) in [6.07, 6.45) is -2.58. The Bertz CT molecular complexity index is 477.